The number of carbonyl (C=O) groups excluding carboxylic acids is 2. The minimum atomic E-state index is -0.822. The Kier molecular flexibility index (Phi) is 6.54. The van der Waals surface area contributed by atoms with Crippen molar-refractivity contribution in [3.05, 3.63) is 90.0 Å². The number of carbonyl (C=O) groups is 2. The van der Waals surface area contributed by atoms with E-state index in [-0.39, 0.29) is 23.5 Å². The predicted octanol–water partition coefficient (Wildman–Crippen LogP) is 3.98. The van der Waals surface area contributed by atoms with E-state index in [0.717, 1.165) is 22.3 Å². The van der Waals surface area contributed by atoms with E-state index in [2.05, 4.69) is 10.3 Å². The molecule has 1 N–H and O–H groups in total. The van der Waals surface area contributed by atoms with E-state index in [0.29, 0.717) is 26.1 Å². The van der Waals surface area contributed by atoms with Crippen LogP contribution in [0.1, 0.15) is 25.0 Å². The van der Waals surface area contributed by atoms with Gasteiger partial charge in [-0.2, -0.15) is 0 Å². The summed E-state index contributed by atoms with van der Waals surface area (Å²) in [5.74, 6) is -0.783. The van der Waals surface area contributed by atoms with Gasteiger partial charge < -0.3 is 10.2 Å². The fourth-order valence-electron chi connectivity index (χ4n) is 4.28. The Balaban J connectivity index is 1.49. The summed E-state index contributed by atoms with van der Waals surface area (Å²) in [6.45, 7) is 4.90. The third-order valence-corrected chi connectivity index (χ3v) is 6.31. The standard InChI is InChI=1S/C27H28FN3O2/c1-27(2,23-9-11-24(28)12-10-23)26(33)31-15-14-30-25(32)22(18-31)16-19-5-7-20(8-6-19)21-4-3-13-29-17-21/h3-13,17,22H,14-16,18H2,1-2H3,(H,30,32)/t22-/m1/s1. The zero-order chi connectivity index (χ0) is 23.4. The number of benzene rings is 2. The summed E-state index contributed by atoms with van der Waals surface area (Å²) < 4.78 is 13.4. The summed E-state index contributed by atoms with van der Waals surface area (Å²) in [7, 11) is 0. The number of nitrogens with zero attached hydrogens (tertiary/aromatic N) is 2. The molecule has 1 aliphatic rings. The normalized spacial score (nSPS) is 16.8. The van der Waals surface area contributed by atoms with Crippen LogP contribution in [0.3, 0.4) is 0 Å². The molecule has 1 aliphatic heterocycles. The molecule has 1 aromatic heterocycles. The first-order valence-electron chi connectivity index (χ1n) is 11.2. The van der Waals surface area contributed by atoms with Crippen LogP contribution < -0.4 is 5.32 Å². The lowest BCUT2D eigenvalue weighted by Gasteiger charge is -2.32. The van der Waals surface area contributed by atoms with Crippen LogP contribution in [0.2, 0.25) is 0 Å². The van der Waals surface area contributed by atoms with Crippen LogP contribution in [0.4, 0.5) is 4.39 Å². The number of aromatic nitrogens is 1. The molecule has 0 bridgehead atoms. The van der Waals surface area contributed by atoms with Gasteiger partial charge in [-0.15, -0.1) is 0 Å². The van der Waals surface area contributed by atoms with Gasteiger partial charge in [-0.25, -0.2) is 4.39 Å². The van der Waals surface area contributed by atoms with E-state index >= 15 is 0 Å². The van der Waals surface area contributed by atoms with Crippen molar-refractivity contribution in [2.75, 3.05) is 19.6 Å². The minimum Gasteiger partial charge on any atom is -0.354 e. The Bertz CT molecular complexity index is 1110. The molecule has 0 radical (unpaired) electrons. The molecular formula is C27H28FN3O2. The lowest BCUT2D eigenvalue weighted by atomic mass is 9.83. The lowest BCUT2D eigenvalue weighted by molar-refractivity contribution is -0.137. The Morgan fingerprint density at radius 1 is 1.09 bits per heavy atom. The van der Waals surface area contributed by atoms with Crippen molar-refractivity contribution in [2.24, 2.45) is 5.92 Å². The first-order chi connectivity index (χ1) is 15.8. The fourth-order valence-corrected chi connectivity index (χ4v) is 4.28. The van der Waals surface area contributed by atoms with Crippen molar-refractivity contribution in [3.63, 3.8) is 0 Å². The minimum absolute atomic E-state index is 0.0405. The maximum absolute atomic E-state index is 13.5. The van der Waals surface area contributed by atoms with Gasteiger partial charge in [0.2, 0.25) is 11.8 Å². The van der Waals surface area contributed by atoms with Crippen LogP contribution in [-0.4, -0.2) is 41.3 Å². The Morgan fingerprint density at radius 2 is 1.82 bits per heavy atom. The second-order valence-electron chi connectivity index (χ2n) is 9.01. The predicted molar refractivity (Wildman–Crippen MR) is 126 cm³/mol. The lowest BCUT2D eigenvalue weighted by Crippen LogP contribution is -2.46. The van der Waals surface area contributed by atoms with Crippen molar-refractivity contribution in [3.8, 4) is 11.1 Å². The zero-order valence-electron chi connectivity index (χ0n) is 18.9. The molecule has 33 heavy (non-hydrogen) atoms. The number of halogens is 1. The van der Waals surface area contributed by atoms with Crippen LogP contribution >= 0.6 is 0 Å². The van der Waals surface area contributed by atoms with Gasteiger partial charge in [0.25, 0.3) is 0 Å². The monoisotopic (exact) mass is 445 g/mol. The Morgan fingerprint density at radius 3 is 2.48 bits per heavy atom. The first kappa shape index (κ1) is 22.6. The smallest absolute Gasteiger partial charge is 0.232 e. The van der Waals surface area contributed by atoms with E-state index in [4.69, 9.17) is 0 Å². The largest absolute Gasteiger partial charge is 0.354 e. The summed E-state index contributed by atoms with van der Waals surface area (Å²) in [5.41, 5.74) is 3.07. The van der Waals surface area contributed by atoms with Crippen LogP contribution in [0.15, 0.2) is 73.1 Å². The Labute approximate surface area is 193 Å². The molecule has 3 aromatic rings. The van der Waals surface area contributed by atoms with Gasteiger partial charge in [-0.3, -0.25) is 14.6 Å². The molecule has 6 heteroatoms. The number of amides is 2. The van der Waals surface area contributed by atoms with E-state index in [1.54, 1.807) is 23.2 Å². The molecule has 2 heterocycles. The first-order valence-corrected chi connectivity index (χ1v) is 11.2. The van der Waals surface area contributed by atoms with Gasteiger partial charge in [0.1, 0.15) is 5.82 Å². The summed E-state index contributed by atoms with van der Waals surface area (Å²) in [4.78, 5) is 32.1. The van der Waals surface area contributed by atoms with Gasteiger partial charge in [0.15, 0.2) is 0 Å². The molecule has 1 fully saturated rings. The van der Waals surface area contributed by atoms with Crippen LogP contribution in [-0.2, 0) is 21.4 Å². The van der Waals surface area contributed by atoms with Gasteiger partial charge in [-0.1, -0.05) is 42.5 Å². The SMILES string of the molecule is CC(C)(C(=O)N1CCNC(=O)[C@H](Cc2ccc(-c3cccnc3)cc2)C1)c1ccc(F)cc1. The number of pyridine rings is 1. The highest BCUT2D eigenvalue weighted by Crippen LogP contribution is 2.27. The number of rotatable bonds is 5. The molecular weight excluding hydrogens is 417 g/mol. The zero-order valence-corrected chi connectivity index (χ0v) is 18.9. The second kappa shape index (κ2) is 9.53. The maximum atomic E-state index is 13.5. The molecule has 4 rings (SSSR count). The summed E-state index contributed by atoms with van der Waals surface area (Å²) in [6, 6.07) is 18.1. The molecule has 170 valence electrons. The van der Waals surface area contributed by atoms with Gasteiger partial charge >= 0.3 is 0 Å². The van der Waals surface area contributed by atoms with Crippen LogP contribution in [0.25, 0.3) is 11.1 Å². The van der Waals surface area contributed by atoms with Crippen molar-refractivity contribution in [2.45, 2.75) is 25.7 Å². The van der Waals surface area contributed by atoms with Crippen molar-refractivity contribution < 1.29 is 14.0 Å². The average molecular weight is 446 g/mol. The summed E-state index contributed by atoms with van der Waals surface area (Å²) in [5, 5.41) is 2.94. The highest BCUT2D eigenvalue weighted by molar-refractivity contribution is 5.88. The van der Waals surface area contributed by atoms with E-state index in [1.165, 1.54) is 12.1 Å². The summed E-state index contributed by atoms with van der Waals surface area (Å²) >= 11 is 0. The molecule has 0 spiro atoms. The fraction of sp³-hybridized carbons (Fsp3) is 0.296. The second-order valence-corrected chi connectivity index (χ2v) is 9.01. The van der Waals surface area contributed by atoms with E-state index < -0.39 is 5.41 Å². The molecule has 2 aromatic carbocycles. The number of hydrogen-bond donors (Lipinski definition) is 1. The highest BCUT2D eigenvalue weighted by Gasteiger charge is 2.36. The third-order valence-electron chi connectivity index (χ3n) is 6.31. The molecule has 0 aliphatic carbocycles. The van der Waals surface area contributed by atoms with Gasteiger partial charge in [0, 0.05) is 32.0 Å². The maximum Gasteiger partial charge on any atom is 0.232 e. The highest BCUT2D eigenvalue weighted by atomic mass is 19.1. The van der Waals surface area contributed by atoms with E-state index in [1.807, 2.05) is 56.4 Å². The van der Waals surface area contributed by atoms with Crippen LogP contribution in [0, 0.1) is 11.7 Å². The van der Waals surface area contributed by atoms with Crippen molar-refractivity contribution >= 4 is 11.8 Å². The average Bonchev–Trinajstić information content (AvgIpc) is 3.01. The third kappa shape index (κ3) is 5.11. The number of nitrogens with one attached hydrogen (secondary N) is 1. The molecule has 1 saturated heterocycles. The molecule has 0 saturated carbocycles. The van der Waals surface area contributed by atoms with Crippen LogP contribution in [0.5, 0.6) is 0 Å². The Hall–Kier alpha value is -3.54. The molecule has 5 nitrogen and oxygen atoms in total. The van der Waals surface area contributed by atoms with Crippen molar-refractivity contribution in [1.29, 1.82) is 0 Å². The van der Waals surface area contributed by atoms with Gasteiger partial charge in [0.05, 0.1) is 11.3 Å². The molecule has 2 amide bonds. The van der Waals surface area contributed by atoms with E-state index in [9.17, 15) is 14.0 Å². The summed E-state index contributed by atoms with van der Waals surface area (Å²) in [6.07, 6.45) is 4.10. The number of hydrogen-bond acceptors (Lipinski definition) is 3. The van der Waals surface area contributed by atoms with Crippen molar-refractivity contribution in [1.82, 2.24) is 15.2 Å². The molecule has 0 unspecified atom stereocenters. The van der Waals surface area contributed by atoms with Gasteiger partial charge in [-0.05, 0) is 60.7 Å². The quantitative estimate of drug-likeness (QED) is 0.646. The topological polar surface area (TPSA) is 62.3 Å². The molecule has 1 atom stereocenters.